The van der Waals surface area contributed by atoms with Gasteiger partial charge in [-0.1, -0.05) is 108 Å². The summed E-state index contributed by atoms with van der Waals surface area (Å²) in [5, 5.41) is 19.8. The summed E-state index contributed by atoms with van der Waals surface area (Å²) in [5.41, 5.74) is 8.76. The van der Waals surface area contributed by atoms with E-state index >= 15 is 0 Å². The third kappa shape index (κ3) is 21.4. The van der Waals surface area contributed by atoms with E-state index < -0.39 is 5.82 Å². The Labute approximate surface area is 705 Å². The maximum absolute atomic E-state index is 13.5. The molecular weight excluding hydrogens is 1590 g/mol. The number of carbonyl (C=O) groups is 4. The van der Waals surface area contributed by atoms with Gasteiger partial charge in [0.05, 0.1) is 24.1 Å². The van der Waals surface area contributed by atoms with Crippen molar-refractivity contribution in [1.29, 1.82) is 0 Å². The molecule has 4 aliphatic heterocycles. The number of hydrogen-bond donors (Lipinski definition) is 6. The van der Waals surface area contributed by atoms with Crippen molar-refractivity contribution in [3.8, 4) is 11.5 Å². The van der Waals surface area contributed by atoms with Crippen molar-refractivity contribution in [3.63, 3.8) is 0 Å². The number of amides is 4. The monoisotopic (exact) mass is 1690 g/mol. The number of ether oxygens (including phenoxy) is 4. The molecule has 1 spiro atoms. The summed E-state index contributed by atoms with van der Waals surface area (Å²) in [7, 11) is 12.0. The van der Waals surface area contributed by atoms with Crippen LogP contribution in [0.1, 0.15) is 130 Å². The van der Waals surface area contributed by atoms with Gasteiger partial charge >= 0.3 is 0 Å². The zero-order valence-corrected chi connectivity index (χ0v) is 71.9. The van der Waals surface area contributed by atoms with Gasteiger partial charge in [0.25, 0.3) is 23.6 Å². The molecule has 119 heavy (non-hydrogen) atoms. The highest BCUT2D eigenvalue weighted by Gasteiger charge is 2.45. The lowest BCUT2D eigenvalue weighted by Crippen LogP contribution is -2.38. The van der Waals surface area contributed by atoms with Crippen LogP contribution in [0.3, 0.4) is 0 Å². The largest absolute Gasteiger partial charge is 0.492 e. The van der Waals surface area contributed by atoms with E-state index in [-0.39, 0.29) is 46.6 Å². The fourth-order valence-corrected chi connectivity index (χ4v) is 17.4. The molecule has 0 radical (unpaired) electrons. The van der Waals surface area contributed by atoms with Gasteiger partial charge in [0.2, 0.25) is 0 Å². The molecule has 4 aliphatic rings. The summed E-state index contributed by atoms with van der Waals surface area (Å²) in [6.07, 6.45) is 12.3. The summed E-state index contributed by atoms with van der Waals surface area (Å²) in [4.78, 5) is 117. The van der Waals surface area contributed by atoms with Gasteiger partial charge in [0.15, 0.2) is 43.3 Å². The number of nitrogens with one attached hydrogen (secondary N) is 6. The van der Waals surface area contributed by atoms with Crippen molar-refractivity contribution < 1.29 is 42.5 Å². The zero-order valence-electron chi connectivity index (χ0n) is 68.6. The molecule has 626 valence electrons. The third-order valence-corrected chi connectivity index (χ3v) is 23.8. The molecule has 6 N–H and O–H groups in total. The first-order chi connectivity index (χ1) is 57.5. The van der Waals surface area contributed by atoms with Crippen LogP contribution in [0.25, 0.3) is 41.4 Å². The molecule has 12 heterocycles. The number of rotatable bonds is 27. The average molecular weight is 1700 g/mol. The van der Waals surface area contributed by atoms with Crippen molar-refractivity contribution in [2.75, 3.05) is 148 Å². The molecule has 0 saturated carbocycles. The molecule has 0 bridgehead atoms. The third-order valence-electron chi connectivity index (χ3n) is 19.9. The number of benzene rings is 4. The Balaban J connectivity index is 0.000000138. The van der Waals surface area contributed by atoms with Crippen LogP contribution in [0.4, 0.5) is 50.4 Å². The van der Waals surface area contributed by atoms with Crippen molar-refractivity contribution in [3.05, 3.63) is 153 Å². The highest BCUT2D eigenvalue weighted by Crippen LogP contribution is 2.51. The minimum Gasteiger partial charge on any atom is -0.492 e. The lowest BCUT2D eigenvalue weighted by Gasteiger charge is -2.34. The van der Waals surface area contributed by atoms with Crippen LogP contribution in [0.5, 0.6) is 11.5 Å². The maximum atomic E-state index is 13.5. The highest BCUT2D eigenvalue weighted by atomic mass is 32.1. The van der Waals surface area contributed by atoms with Gasteiger partial charge in [-0.15, -0.1) is 0 Å². The van der Waals surface area contributed by atoms with Crippen molar-refractivity contribution in [2.45, 2.75) is 103 Å². The van der Waals surface area contributed by atoms with E-state index in [2.05, 4.69) is 168 Å². The number of aromatic nitrogens is 12. The average Bonchev–Trinajstić information content (AvgIpc) is 1.58. The summed E-state index contributed by atoms with van der Waals surface area (Å²) in [5.74, 6) is 2.46. The quantitative estimate of drug-likeness (QED) is 0.0260. The van der Waals surface area contributed by atoms with E-state index in [1.807, 2.05) is 93.4 Å². The second kappa shape index (κ2) is 39.8. The van der Waals surface area contributed by atoms with Crippen LogP contribution in [0.15, 0.2) is 116 Å². The second-order valence-electron chi connectivity index (χ2n) is 30.6. The zero-order chi connectivity index (χ0) is 83.7. The number of carbonyl (C=O) groups excluding carboxylic acids is 4. The topological polar surface area (TPSA) is 348 Å². The van der Waals surface area contributed by atoms with Crippen LogP contribution in [-0.4, -0.2) is 238 Å². The molecule has 2 saturated heterocycles. The molecule has 8 aromatic heterocycles. The van der Waals surface area contributed by atoms with Crippen molar-refractivity contribution in [1.82, 2.24) is 95.8 Å². The minimum atomic E-state index is -0.395. The Morgan fingerprint density at radius 3 is 1.45 bits per heavy atom. The van der Waals surface area contributed by atoms with Gasteiger partial charge in [-0.2, -0.15) is 0 Å². The number of hydrogen-bond acceptors (Lipinski definition) is 31. The van der Waals surface area contributed by atoms with Crippen LogP contribution < -0.4 is 51.2 Å². The minimum absolute atomic E-state index is 0.0104. The molecule has 12 aromatic rings. The van der Waals surface area contributed by atoms with Crippen molar-refractivity contribution in [2.24, 2.45) is 0 Å². The van der Waals surface area contributed by atoms with E-state index in [4.69, 9.17) is 23.9 Å². The van der Waals surface area contributed by atoms with Gasteiger partial charge in [0.1, 0.15) is 84.0 Å². The highest BCUT2D eigenvalue weighted by molar-refractivity contribution is 7.21. The summed E-state index contributed by atoms with van der Waals surface area (Å²) in [6, 6.07) is 28.9. The fraction of sp³-hybridized carbons (Fsp3) is 0.422. The molecule has 4 aromatic carbocycles. The summed E-state index contributed by atoms with van der Waals surface area (Å²) < 4.78 is 35.9. The number of nitrogens with zero attached hydrogens (tertiary/aromatic N) is 17. The Hall–Kier alpha value is -10.8. The number of fused-ring (bicyclic) bond motifs is 7. The van der Waals surface area contributed by atoms with Gasteiger partial charge in [-0.25, -0.2) is 64.2 Å². The van der Waals surface area contributed by atoms with Crippen LogP contribution in [0.2, 0.25) is 0 Å². The first-order valence-corrected chi connectivity index (χ1v) is 43.0. The Bertz CT molecular complexity index is 5500. The second-order valence-corrected chi connectivity index (χ2v) is 34.5. The molecule has 0 unspecified atom stereocenters. The standard InChI is InChI=1S/C23H25N5O3S.C21H26N6OS.C20H26N6O2S.C19H23FN6O2S/c29-20(26-15-5-9-30-10-6-15)22-27-18-19(24-14-25-21(18)32-22)28-13-23(7-11-31-12-8-23)16-3-1-2-4-17(16)28;1-21(2)12-27(15-9-6-5-8-14(15)21)17-16-19(24-13-23-17)29-20(25-16)18(28)22-10-7-11-26(3)4;1-13(2)28-15-9-6-5-8-14(15)24-17-16-19(23-12-22-17)29-20(25-16)18(27)21-10-7-11-26(3)4;1-4-28-14-10-12(20)6-7-13(14)24-16-15-18(23-11-22-16)29-19(25-15)17(27)21-8-5-9-26(2)3/h1-4,14-15H,5-13H2,(H,26,29);5-6,8-9,13H,7,10-12H2,1-4H3,(H,22,28);5-6,8-9,12-13H,7,10-11H2,1-4H3,(H,21,27)(H,22,23,24);6-7,10-11H,4-5,8-9H2,1-3H3,(H,21,27)(H,22,23,24). The normalized spacial score (nSPS) is 14.7. The number of thiazole rings is 4. The van der Waals surface area contributed by atoms with E-state index in [9.17, 15) is 23.6 Å². The Morgan fingerprint density at radius 2 is 0.950 bits per heavy atom. The van der Waals surface area contributed by atoms with Crippen molar-refractivity contribution >= 4 is 156 Å². The van der Waals surface area contributed by atoms with E-state index in [1.54, 1.807) is 18.7 Å². The van der Waals surface area contributed by atoms with Crippen LogP contribution in [0, 0.1) is 5.82 Å². The lowest BCUT2D eigenvalue weighted by molar-refractivity contribution is 0.0558. The SMILES string of the molecule is CC(C)Oc1ccccc1Nc1ncnc2sc(C(=O)NCCCN(C)C)nc12.CCOc1cc(F)ccc1Nc1ncnc2sc(C(=O)NCCCN(C)C)nc12.CN(C)CCCNC(=O)c1nc2c(N3CC(C)(C)c4ccccc43)ncnc2s1.O=C(NC1CCOCC1)c1nc2c(N3CC4(CCOCC4)c4ccccc43)ncnc2s1. The van der Waals surface area contributed by atoms with Crippen LogP contribution >= 0.6 is 45.3 Å². The Kier molecular flexibility index (Phi) is 28.8. The predicted octanol–water partition coefficient (Wildman–Crippen LogP) is 12.7. The smallest absolute Gasteiger partial charge is 0.280 e. The summed E-state index contributed by atoms with van der Waals surface area (Å²) >= 11 is 5.08. The van der Waals surface area contributed by atoms with E-state index in [0.29, 0.717) is 114 Å². The molecule has 0 atom stereocenters. The molecule has 2 fully saturated rings. The Morgan fingerprint density at radius 1 is 0.521 bits per heavy atom. The summed E-state index contributed by atoms with van der Waals surface area (Å²) in [6.45, 7) is 19.7. The van der Waals surface area contributed by atoms with E-state index in [0.717, 1.165) is 135 Å². The predicted molar refractivity (Wildman–Crippen MR) is 467 cm³/mol. The number of halogens is 1. The maximum Gasteiger partial charge on any atom is 0.280 e. The molecule has 31 nitrogen and oxygen atoms in total. The van der Waals surface area contributed by atoms with E-state index in [1.165, 1.54) is 81.3 Å². The molecule has 4 amide bonds. The lowest BCUT2D eigenvalue weighted by atomic mass is 9.76. The van der Waals surface area contributed by atoms with Gasteiger partial charge in [0, 0.05) is 93.5 Å². The number of anilines is 8. The fourth-order valence-electron chi connectivity index (χ4n) is 14.2. The number of para-hydroxylation sites is 4. The molecular formula is C83H100FN23O8S4. The molecule has 0 aliphatic carbocycles. The first-order valence-electron chi connectivity index (χ1n) is 39.7. The first kappa shape index (κ1) is 86.0. The van der Waals surface area contributed by atoms with Gasteiger partial charge in [-0.05, 0) is 175 Å². The molecule has 16 rings (SSSR count). The molecule has 36 heteroatoms. The van der Waals surface area contributed by atoms with Crippen LogP contribution in [-0.2, 0) is 20.3 Å². The van der Waals surface area contributed by atoms with Gasteiger partial charge < -0.3 is 75.3 Å². The van der Waals surface area contributed by atoms with Gasteiger partial charge in [-0.3, -0.25) is 19.2 Å².